The molecule has 4 fully saturated rings. The van der Waals surface area contributed by atoms with Crippen molar-refractivity contribution in [3.05, 3.63) is 24.3 Å². The van der Waals surface area contributed by atoms with E-state index in [2.05, 4.69) is 29.3 Å². The zero-order valence-corrected chi connectivity index (χ0v) is 16.9. The van der Waals surface area contributed by atoms with Gasteiger partial charge in [0.1, 0.15) is 0 Å². The van der Waals surface area contributed by atoms with Crippen LogP contribution in [0.3, 0.4) is 0 Å². The van der Waals surface area contributed by atoms with Crippen molar-refractivity contribution in [3.8, 4) is 0 Å². The summed E-state index contributed by atoms with van der Waals surface area (Å²) < 4.78 is 0. The molecule has 7 atom stereocenters. The van der Waals surface area contributed by atoms with E-state index in [-0.39, 0.29) is 0 Å². The first-order chi connectivity index (χ1) is 13.2. The van der Waals surface area contributed by atoms with Gasteiger partial charge in [0.05, 0.1) is 11.4 Å². The molecule has 2 aliphatic carbocycles. The minimum Gasteiger partial charge on any atom is -0.397 e. The van der Waals surface area contributed by atoms with Crippen molar-refractivity contribution in [2.75, 3.05) is 11.1 Å². The number of anilines is 2. The van der Waals surface area contributed by atoms with Crippen molar-refractivity contribution in [1.82, 2.24) is 4.90 Å². The highest BCUT2D eigenvalue weighted by atomic mass is 15.2. The van der Waals surface area contributed by atoms with Crippen LogP contribution in [0.1, 0.15) is 71.1 Å². The molecule has 4 aliphatic rings. The van der Waals surface area contributed by atoms with E-state index in [4.69, 9.17) is 5.73 Å². The summed E-state index contributed by atoms with van der Waals surface area (Å²) in [5, 5.41) is 3.80. The van der Waals surface area contributed by atoms with Crippen LogP contribution in [0.5, 0.6) is 0 Å². The predicted octanol–water partition coefficient (Wildman–Crippen LogP) is 5.28. The number of nitrogens with two attached hydrogens (primary N) is 1. The zero-order chi connectivity index (χ0) is 18.4. The molecule has 1 aromatic rings. The average molecular weight is 368 g/mol. The number of para-hydroxylation sites is 2. The van der Waals surface area contributed by atoms with Crippen LogP contribution in [0.2, 0.25) is 0 Å². The smallest absolute Gasteiger partial charge is 0.0576 e. The third kappa shape index (κ3) is 3.60. The maximum absolute atomic E-state index is 6.19. The Bertz CT molecular complexity index is 627. The summed E-state index contributed by atoms with van der Waals surface area (Å²) in [4.78, 5) is 3.03. The maximum Gasteiger partial charge on any atom is 0.0576 e. The Morgan fingerprint density at radius 1 is 0.852 bits per heavy atom. The van der Waals surface area contributed by atoms with Gasteiger partial charge < -0.3 is 11.1 Å². The van der Waals surface area contributed by atoms with Crippen molar-refractivity contribution in [2.24, 2.45) is 17.8 Å². The molecule has 3 N–H and O–H groups in total. The number of hydrogen-bond acceptors (Lipinski definition) is 3. The van der Waals surface area contributed by atoms with E-state index in [1.165, 1.54) is 64.2 Å². The highest BCUT2D eigenvalue weighted by Crippen LogP contribution is 2.47. The van der Waals surface area contributed by atoms with Gasteiger partial charge in [0.15, 0.2) is 0 Å². The average Bonchev–Trinajstić information content (AvgIpc) is 2.62. The van der Waals surface area contributed by atoms with Gasteiger partial charge in [-0.25, -0.2) is 0 Å². The lowest BCUT2D eigenvalue weighted by Crippen LogP contribution is -2.60. The summed E-state index contributed by atoms with van der Waals surface area (Å²) >= 11 is 0. The quantitative estimate of drug-likeness (QED) is 0.714. The van der Waals surface area contributed by atoms with Crippen LogP contribution >= 0.6 is 0 Å². The molecule has 27 heavy (non-hydrogen) atoms. The van der Waals surface area contributed by atoms with Crippen LogP contribution < -0.4 is 11.1 Å². The van der Waals surface area contributed by atoms with Crippen molar-refractivity contribution < 1.29 is 0 Å². The molecule has 1 aromatic carbocycles. The Hall–Kier alpha value is -1.22. The first-order valence-corrected chi connectivity index (χ1v) is 11.5. The van der Waals surface area contributed by atoms with Crippen LogP contribution in [0.25, 0.3) is 0 Å². The normalized spacial score (nSPS) is 41.9. The Balaban J connectivity index is 1.28. The van der Waals surface area contributed by atoms with Gasteiger partial charge in [0.2, 0.25) is 0 Å². The highest BCUT2D eigenvalue weighted by Gasteiger charge is 2.45. The number of piperidine rings is 2. The number of fused-ring (bicyclic) bond motifs is 4. The number of benzene rings is 1. The summed E-state index contributed by atoms with van der Waals surface area (Å²) in [6, 6.07) is 11.3. The van der Waals surface area contributed by atoms with Crippen LogP contribution in [0.4, 0.5) is 11.4 Å². The number of nitrogens with one attached hydrogen (secondary N) is 1. The van der Waals surface area contributed by atoms with Crippen LogP contribution in [0, 0.1) is 17.8 Å². The summed E-state index contributed by atoms with van der Waals surface area (Å²) in [5.74, 6) is 3.00. The molecule has 4 bridgehead atoms. The molecule has 0 amide bonds. The third-order valence-corrected chi connectivity index (χ3v) is 8.12. The molecule has 0 spiro atoms. The molecule has 2 saturated heterocycles. The number of nitrogen functional groups attached to an aromatic ring is 1. The molecule has 0 aromatic heterocycles. The van der Waals surface area contributed by atoms with Gasteiger partial charge in [-0.2, -0.15) is 0 Å². The Morgan fingerprint density at radius 3 is 2.19 bits per heavy atom. The monoisotopic (exact) mass is 367 g/mol. The zero-order valence-electron chi connectivity index (χ0n) is 16.9. The van der Waals surface area contributed by atoms with Gasteiger partial charge in [-0.05, 0) is 87.7 Å². The molecule has 2 aliphatic heterocycles. The van der Waals surface area contributed by atoms with Crippen LogP contribution in [-0.4, -0.2) is 29.1 Å². The van der Waals surface area contributed by atoms with E-state index in [9.17, 15) is 0 Å². The number of nitrogens with zero attached hydrogens (tertiary/aromatic N) is 1. The van der Waals surface area contributed by atoms with Gasteiger partial charge in [-0.1, -0.05) is 25.5 Å². The molecule has 0 unspecified atom stereocenters. The Labute approximate surface area is 165 Å². The molecule has 2 heterocycles. The lowest BCUT2D eigenvalue weighted by Gasteiger charge is -2.55. The van der Waals surface area contributed by atoms with Gasteiger partial charge in [-0.15, -0.1) is 0 Å². The van der Waals surface area contributed by atoms with Crippen molar-refractivity contribution in [1.29, 1.82) is 0 Å². The first-order valence-electron chi connectivity index (χ1n) is 11.5. The van der Waals surface area contributed by atoms with E-state index in [0.717, 1.165) is 47.3 Å². The fraction of sp³-hybridized carbons (Fsp3) is 0.750. The number of hydrogen-bond donors (Lipinski definition) is 2. The first kappa shape index (κ1) is 17.8. The molecular formula is C24H37N3. The minimum atomic E-state index is 0.587. The second-order valence-corrected chi connectivity index (χ2v) is 10.3. The van der Waals surface area contributed by atoms with E-state index in [1.807, 2.05) is 12.1 Å². The fourth-order valence-corrected chi connectivity index (χ4v) is 7.37. The summed E-state index contributed by atoms with van der Waals surface area (Å²) in [5.41, 5.74) is 8.21. The minimum absolute atomic E-state index is 0.587. The van der Waals surface area contributed by atoms with E-state index >= 15 is 0 Å². The SMILES string of the molecule is C[C@@H]1C[C@@H]2C[C@H](C1)C[C@@H](N1[C@@H]3CCC[C@H]1C[C@@H](Nc1ccccc1N)C3)C2. The molecule has 2 saturated carbocycles. The number of rotatable bonds is 3. The second kappa shape index (κ2) is 7.31. The largest absolute Gasteiger partial charge is 0.397 e. The topological polar surface area (TPSA) is 41.3 Å². The summed E-state index contributed by atoms with van der Waals surface area (Å²) in [6.45, 7) is 2.49. The predicted molar refractivity (Wildman–Crippen MR) is 114 cm³/mol. The second-order valence-electron chi connectivity index (χ2n) is 10.3. The molecule has 148 valence electrons. The molecule has 3 heteroatoms. The Morgan fingerprint density at radius 2 is 1.52 bits per heavy atom. The maximum atomic E-state index is 6.19. The summed E-state index contributed by atoms with van der Waals surface area (Å²) in [6.07, 6.45) is 14.3. The Kier molecular flexibility index (Phi) is 4.83. The lowest BCUT2D eigenvalue weighted by atomic mass is 9.65. The van der Waals surface area contributed by atoms with Crippen molar-refractivity contribution >= 4 is 11.4 Å². The molecule has 0 radical (unpaired) electrons. The fourth-order valence-electron chi connectivity index (χ4n) is 7.37. The van der Waals surface area contributed by atoms with Gasteiger partial charge in [0, 0.05) is 24.2 Å². The summed E-state index contributed by atoms with van der Waals surface area (Å²) in [7, 11) is 0. The lowest BCUT2D eigenvalue weighted by molar-refractivity contribution is -0.0428. The van der Waals surface area contributed by atoms with Gasteiger partial charge in [0.25, 0.3) is 0 Å². The molecule has 3 nitrogen and oxygen atoms in total. The van der Waals surface area contributed by atoms with Gasteiger partial charge in [-0.3, -0.25) is 4.90 Å². The van der Waals surface area contributed by atoms with Crippen molar-refractivity contribution in [3.63, 3.8) is 0 Å². The highest BCUT2D eigenvalue weighted by molar-refractivity contribution is 5.66. The van der Waals surface area contributed by atoms with Gasteiger partial charge >= 0.3 is 0 Å². The van der Waals surface area contributed by atoms with Crippen LogP contribution in [-0.2, 0) is 0 Å². The molecular weight excluding hydrogens is 330 g/mol. The van der Waals surface area contributed by atoms with E-state index < -0.39 is 0 Å². The standard InChI is InChI=1S/C24H37N3/c1-16-9-17-11-18(10-16)13-22(12-17)27-20-5-4-6-21(27)15-19(14-20)26-24-8-3-2-7-23(24)25/h2-3,7-8,16-22,26H,4-6,9-15,25H2,1H3/t16-,17-,18+,19-,20+,21-,22+. The van der Waals surface area contributed by atoms with E-state index in [1.54, 1.807) is 0 Å². The molecule has 5 rings (SSSR count). The van der Waals surface area contributed by atoms with Crippen LogP contribution in [0.15, 0.2) is 24.3 Å². The van der Waals surface area contributed by atoms with E-state index in [0.29, 0.717) is 6.04 Å². The van der Waals surface area contributed by atoms with Crippen molar-refractivity contribution in [2.45, 2.75) is 95.3 Å². The third-order valence-electron chi connectivity index (χ3n) is 8.12.